The molecular weight excluding hydrogens is 274 g/mol. The molecule has 20 heavy (non-hydrogen) atoms. The first-order chi connectivity index (χ1) is 9.45. The van der Waals surface area contributed by atoms with Crippen molar-refractivity contribution in [1.82, 2.24) is 9.29 Å². The van der Waals surface area contributed by atoms with E-state index in [0.717, 1.165) is 13.0 Å². The van der Waals surface area contributed by atoms with Gasteiger partial charge in [0.2, 0.25) is 10.0 Å². The van der Waals surface area contributed by atoms with Crippen LogP contribution in [-0.2, 0) is 10.0 Å². The summed E-state index contributed by atoms with van der Waals surface area (Å²) in [7, 11) is -3.39. The largest absolute Gasteiger partial charge is 0.370 e. The number of sulfonamides is 1. The van der Waals surface area contributed by atoms with Crippen molar-refractivity contribution in [2.45, 2.75) is 32.1 Å². The summed E-state index contributed by atoms with van der Waals surface area (Å²) >= 11 is 0. The van der Waals surface area contributed by atoms with Crippen LogP contribution in [0.15, 0.2) is 23.2 Å². The Morgan fingerprint density at radius 1 is 1.50 bits per heavy atom. The zero-order chi connectivity index (χ0) is 14.8. The van der Waals surface area contributed by atoms with Crippen LogP contribution < -0.4 is 5.32 Å². The summed E-state index contributed by atoms with van der Waals surface area (Å²) in [6.07, 6.45) is 2.49. The van der Waals surface area contributed by atoms with Gasteiger partial charge in [0.25, 0.3) is 0 Å². The number of pyridine rings is 1. The van der Waals surface area contributed by atoms with Gasteiger partial charge in [-0.15, -0.1) is 0 Å². The van der Waals surface area contributed by atoms with Crippen molar-refractivity contribution in [3.8, 4) is 0 Å². The molecule has 1 fully saturated rings. The summed E-state index contributed by atoms with van der Waals surface area (Å²) in [6, 6.07) is 3.18. The van der Waals surface area contributed by atoms with Crippen molar-refractivity contribution in [3.63, 3.8) is 0 Å². The summed E-state index contributed by atoms with van der Waals surface area (Å²) in [5.41, 5.74) is 0. The Kier molecular flexibility index (Phi) is 4.65. The number of rotatable bonds is 5. The molecule has 1 saturated heterocycles. The number of hydrogen-bond donors (Lipinski definition) is 1. The monoisotopic (exact) mass is 297 g/mol. The van der Waals surface area contributed by atoms with E-state index in [2.05, 4.69) is 24.1 Å². The van der Waals surface area contributed by atoms with Crippen LogP contribution in [0.3, 0.4) is 0 Å². The fraction of sp³-hybridized carbons (Fsp3) is 0.643. The molecule has 2 heterocycles. The molecule has 0 saturated carbocycles. The predicted molar refractivity (Wildman–Crippen MR) is 80.1 cm³/mol. The Labute approximate surface area is 121 Å². The second-order valence-electron chi connectivity index (χ2n) is 5.56. The van der Waals surface area contributed by atoms with E-state index in [-0.39, 0.29) is 0 Å². The van der Waals surface area contributed by atoms with Gasteiger partial charge in [-0.2, -0.15) is 4.31 Å². The second kappa shape index (κ2) is 6.10. The summed E-state index contributed by atoms with van der Waals surface area (Å²) < 4.78 is 26.9. The lowest BCUT2D eigenvalue weighted by atomic mass is 9.96. The summed E-state index contributed by atoms with van der Waals surface area (Å²) in [5, 5.41) is 3.04. The van der Waals surface area contributed by atoms with Crippen LogP contribution in [0.25, 0.3) is 0 Å². The summed E-state index contributed by atoms with van der Waals surface area (Å²) in [4.78, 5) is 4.45. The first kappa shape index (κ1) is 15.3. The highest BCUT2D eigenvalue weighted by Crippen LogP contribution is 2.28. The average molecular weight is 297 g/mol. The van der Waals surface area contributed by atoms with Gasteiger partial charge in [0.05, 0.1) is 4.90 Å². The third-order valence-corrected chi connectivity index (χ3v) is 5.72. The van der Waals surface area contributed by atoms with Gasteiger partial charge >= 0.3 is 0 Å². The highest BCUT2D eigenvalue weighted by Gasteiger charge is 2.33. The van der Waals surface area contributed by atoms with Crippen molar-refractivity contribution in [2.75, 3.05) is 25.0 Å². The molecule has 1 aliphatic rings. The standard InChI is InChI=1S/C14H23N3O2S/c1-4-15-14-9-13(5-7-16-14)20(18,19)17-8-6-12(10-17)11(2)3/h5,7,9,11-12H,4,6,8,10H2,1-3H3,(H,15,16). The molecule has 1 atom stereocenters. The lowest BCUT2D eigenvalue weighted by Gasteiger charge is -2.18. The van der Waals surface area contributed by atoms with Gasteiger partial charge < -0.3 is 5.32 Å². The average Bonchev–Trinajstić information content (AvgIpc) is 2.90. The molecular formula is C14H23N3O2S. The second-order valence-corrected chi connectivity index (χ2v) is 7.50. The van der Waals surface area contributed by atoms with Crippen molar-refractivity contribution in [2.24, 2.45) is 11.8 Å². The zero-order valence-corrected chi connectivity index (χ0v) is 13.2. The van der Waals surface area contributed by atoms with Crippen LogP contribution in [0.2, 0.25) is 0 Å². The van der Waals surface area contributed by atoms with Gasteiger partial charge in [-0.1, -0.05) is 13.8 Å². The molecule has 0 amide bonds. The van der Waals surface area contributed by atoms with Crippen molar-refractivity contribution in [3.05, 3.63) is 18.3 Å². The molecule has 0 aromatic carbocycles. The minimum Gasteiger partial charge on any atom is -0.370 e. The van der Waals surface area contributed by atoms with Gasteiger partial charge in [0, 0.05) is 31.9 Å². The van der Waals surface area contributed by atoms with E-state index in [9.17, 15) is 8.42 Å². The number of aromatic nitrogens is 1. The van der Waals surface area contributed by atoms with E-state index in [0.29, 0.717) is 35.6 Å². The van der Waals surface area contributed by atoms with Crippen LogP contribution in [0, 0.1) is 11.8 Å². The Morgan fingerprint density at radius 3 is 2.85 bits per heavy atom. The highest BCUT2D eigenvalue weighted by molar-refractivity contribution is 7.89. The van der Waals surface area contributed by atoms with Gasteiger partial charge in [-0.3, -0.25) is 0 Å². The smallest absolute Gasteiger partial charge is 0.243 e. The van der Waals surface area contributed by atoms with E-state index in [4.69, 9.17) is 0 Å². The lowest BCUT2D eigenvalue weighted by molar-refractivity contribution is 0.388. The number of nitrogens with one attached hydrogen (secondary N) is 1. The highest BCUT2D eigenvalue weighted by atomic mass is 32.2. The molecule has 0 spiro atoms. The van der Waals surface area contributed by atoms with E-state index < -0.39 is 10.0 Å². The van der Waals surface area contributed by atoms with E-state index in [1.165, 1.54) is 0 Å². The first-order valence-corrected chi connectivity index (χ1v) is 8.59. The van der Waals surface area contributed by atoms with Crippen LogP contribution in [0.5, 0.6) is 0 Å². The maximum Gasteiger partial charge on any atom is 0.243 e. The Balaban J connectivity index is 2.20. The van der Waals surface area contributed by atoms with Crippen LogP contribution in [-0.4, -0.2) is 37.3 Å². The van der Waals surface area contributed by atoms with Crippen molar-refractivity contribution < 1.29 is 8.42 Å². The van der Waals surface area contributed by atoms with Crippen LogP contribution in [0.4, 0.5) is 5.82 Å². The maximum absolute atomic E-state index is 12.6. The maximum atomic E-state index is 12.6. The molecule has 1 unspecified atom stereocenters. The molecule has 0 radical (unpaired) electrons. The van der Waals surface area contributed by atoms with E-state index in [1.807, 2.05) is 6.92 Å². The normalized spacial score (nSPS) is 20.5. The van der Waals surface area contributed by atoms with Gasteiger partial charge in [-0.05, 0) is 31.2 Å². The third-order valence-electron chi connectivity index (χ3n) is 3.86. The van der Waals surface area contributed by atoms with E-state index in [1.54, 1.807) is 22.6 Å². The molecule has 1 aromatic rings. The number of nitrogens with zero attached hydrogens (tertiary/aromatic N) is 2. The van der Waals surface area contributed by atoms with Gasteiger partial charge in [-0.25, -0.2) is 13.4 Å². The first-order valence-electron chi connectivity index (χ1n) is 7.15. The SMILES string of the molecule is CCNc1cc(S(=O)(=O)N2CCC(C(C)C)C2)ccn1. The minimum atomic E-state index is -3.39. The summed E-state index contributed by atoms with van der Waals surface area (Å²) in [5.74, 6) is 1.58. The number of anilines is 1. The van der Waals surface area contributed by atoms with Crippen molar-refractivity contribution >= 4 is 15.8 Å². The third kappa shape index (κ3) is 3.12. The Bertz CT molecular complexity index is 557. The summed E-state index contributed by atoms with van der Waals surface area (Å²) in [6.45, 7) is 8.21. The van der Waals surface area contributed by atoms with Crippen LogP contribution in [0.1, 0.15) is 27.2 Å². The minimum absolute atomic E-state index is 0.327. The predicted octanol–water partition coefficient (Wildman–Crippen LogP) is 2.18. The molecule has 112 valence electrons. The molecule has 2 rings (SSSR count). The molecule has 1 aliphatic heterocycles. The topological polar surface area (TPSA) is 62.3 Å². The Hall–Kier alpha value is -1.14. The Morgan fingerprint density at radius 2 is 2.25 bits per heavy atom. The molecule has 0 bridgehead atoms. The lowest BCUT2D eigenvalue weighted by Crippen LogP contribution is -2.29. The molecule has 5 nitrogen and oxygen atoms in total. The van der Waals surface area contributed by atoms with Gasteiger partial charge in [0.15, 0.2) is 0 Å². The van der Waals surface area contributed by atoms with Gasteiger partial charge in [0.1, 0.15) is 5.82 Å². The molecule has 1 aromatic heterocycles. The molecule has 0 aliphatic carbocycles. The molecule has 1 N–H and O–H groups in total. The fourth-order valence-corrected chi connectivity index (χ4v) is 4.04. The molecule has 6 heteroatoms. The van der Waals surface area contributed by atoms with E-state index >= 15 is 0 Å². The van der Waals surface area contributed by atoms with Crippen molar-refractivity contribution in [1.29, 1.82) is 0 Å². The van der Waals surface area contributed by atoms with Crippen LogP contribution >= 0.6 is 0 Å². The fourth-order valence-electron chi connectivity index (χ4n) is 2.51. The quantitative estimate of drug-likeness (QED) is 0.905. The zero-order valence-electron chi connectivity index (χ0n) is 12.3. The number of hydrogen-bond acceptors (Lipinski definition) is 4.